The van der Waals surface area contributed by atoms with E-state index in [1.165, 1.54) is 0 Å². The Labute approximate surface area is 116 Å². The van der Waals surface area contributed by atoms with Crippen molar-refractivity contribution >= 4 is 11.8 Å². The Hall–Kier alpha value is -1.89. The van der Waals surface area contributed by atoms with E-state index in [9.17, 15) is 9.59 Å². The Kier molecular flexibility index (Phi) is 3.21. The number of nitrogens with zero attached hydrogens (tertiary/aromatic N) is 2. The quantitative estimate of drug-likeness (QED) is 0.732. The van der Waals surface area contributed by atoms with Gasteiger partial charge in [0.05, 0.1) is 36.4 Å². The maximum Gasteiger partial charge on any atom is 0.257 e. The number of aromatic amines is 1. The fourth-order valence-corrected chi connectivity index (χ4v) is 2.82. The van der Waals surface area contributed by atoms with Crippen LogP contribution in [-0.2, 0) is 9.53 Å². The van der Waals surface area contributed by atoms with Crippen LogP contribution in [0.2, 0.25) is 0 Å². The van der Waals surface area contributed by atoms with Gasteiger partial charge in [0.15, 0.2) is 0 Å². The van der Waals surface area contributed by atoms with Gasteiger partial charge in [-0.05, 0) is 13.8 Å². The first-order chi connectivity index (χ1) is 9.56. The van der Waals surface area contributed by atoms with Crippen molar-refractivity contribution in [3.05, 3.63) is 17.0 Å². The number of fused-ring (bicyclic) bond motifs is 3. The summed E-state index contributed by atoms with van der Waals surface area (Å²) in [6.45, 7) is 5.33. The number of nitrogens with one attached hydrogen (secondary N) is 2. The molecule has 3 rings (SSSR count). The van der Waals surface area contributed by atoms with Crippen molar-refractivity contribution in [1.82, 2.24) is 20.4 Å². The van der Waals surface area contributed by atoms with E-state index in [0.717, 1.165) is 5.69 Å². The molecule has 0 aliphatic carbocycles. The predicted octanol–water partition coefficient (Wildman–Crippen LogP) is -0.386. The average molecular weight is 278 g/mol. The van der Waals surface area contributed by atoms with Crippen molar-refractivity contribution in [3.8, 4) is 0 Å². The molecule has 0 saturated carbocycles. The van der Waals surface area contributed by atoms with Gasteiger partial charge in [-0.25, -0.2) is 0 Å². The third-order valence-corrected chi connectivity index (χ3v) is 3.87. The standard InChI is InChI=1S/C13H18N4O3/c1-7-11(8(2)16-15-7)13(19)17-3-9-5-20-6-10(4-17)14-12(9)18/h9-10H,3-6H2,1-2H3,(H,14,18)(H,15,16)/t9-,10+/m1/s1. The molecular formula is C13H18N4O3. The zero-order chi connectivity index (χ0) is 14.3. The zero-order valence-electron chi connectivity index (χ0n) is 11.6. The van der Waals surface area contributed by atoms with E-state index in [-0.39, 0.29) is 23.8 Å². The number of carbonyl (C=O) groups excluding carboxylic acids is 2. The molecule has 2 amide bonds. The smallest absolute Gasteiger partial charge is 0.257 e. The molecule has 2 aliphatic heterocycles. The van der Waals surface area contributed by atoms with E-state index in [1.54, 1.807) is 4.90 Å². The first kappa shape index (κ1) is 13.1. The van der Waals surface area contributed by atoms with Crippen LogP contribution in [-0.4, -0.2) is 59.3 Å². The SMILES string of the molecule is Cc1n[nH]c(C)c1C(=O)N1C[C@H]2COC[C@@H](C1)C(=O)N2. The normalized spacial score (nSPS) is 26.1. The van der Waals surface area contributed by atoms with Gasteiger partial charge in [-0.3, -0.25) is 14.7 Å². The molecule has 0 spiro atoms. The minimum atomic E-state index is -0.293. The maximum absolute atomic E-state index is 12.7. The fourth-order valence-electron chi connectivity index (χ4n) is 2.82. The largest absolute Gasteiger partial charge is 0.378 e. The lowest BCUT2D eigenvalue weighted by molar-refractivity contribution is -0.125. The minimum absolute atomic E-state index is 0.0246. The highest BCUT2D eigenvalue weighted by Gasteiger charge is 2.36. The average Bonchev–Trinajstić information content (AvgIpc) is 2.55. The summed E-state index contributed by atoms with van der Waals surface area (Å²) in [5.74, 6) is -0.385. The maximum atomic E-state index is 12.7. The third-order valence-electron chi connectivity index (χ3n) is 3.87. The van der Waals surface area contributed by atoms with Crippen LogP contribution in [0.5, 0.6) is 0 Å². The lowest BCUT2D eigenvalue weighted by atomic mass is 10.1. The number of hydrogen-bond donors (Lipinski definition) is 2. The van der Waals surface area contributed by atoms with Crippen molar-refractivity contribution in [2.45, 2.75) is 19.9 Å². The summed E-state index contributed by atoms with van der Waals surface area (Å²) in [6, 6.07) is -0.133. The van der Waals surface area contributed by atoms with Crippen LogP contribution in [0.4, 0.5) is 0 Å². The van der Waals surface area contributed by atoms with Crippen molar-refractivity contribution in [1.29, 1.82) is 0 Å². The fraction of sp³-hybridized carbons (Fsp3) is 0.615. The van der Waals surface area contributed by atoms with Crippen molar-refractivity contribution in [2.75, 3.05) is 26.3 Å². The Balaban J connectivity index is 1.87. The first-order valence-corrected chi connectivity index (χ1v) is 6.75. The van der Waals surface area contributed by atoms with Crippen LogP contribution < -0.4 is 5.32 Å². The third kappa shape index (κ3) is 2.18. The number of ether oxygens (including phenoxy) is 1. The van der Waals surface area contributed by atoms with Gasteiger partial charge in [-0.1, -0.05) is 0 Å². The lowest BCUT2D eigenvalue weighted by Gasteiger charge is -2.27. The molecule has 0 aromatic carbocycles. The number of amides is 2. The van der Waals surface area contributed by atoms with E-state index < -0.39 is 0 Å². The molecule has 2 atom stereocenters. The summed E-state index contributed by atoms with van der Waals surface area (Å²) in [5.41, 5.74) is 2.06. The summed E-state index contributed by atoms with van der Waals surface area (Å²) in [6.07, 6.45) is 0. The molecule has 1 aromatic rings. The summed E-state index contributed by atoms with van der Waals surface area (Å²) in [4.78, 5) is 26.4. The molecule has 1 aromatic heterocycles. The molecule has 0 unspecified atom stereocenters. The second kappa shape index (κ2) is 4.90. The molecule has 20 heavy (non-hydrogen) atoms. The second-order valence-electron chi connectivity index (χ2n) is 5.46. The van der Waals surface area contributed by atoms with Gasteiger partial charge in [0.1, 0.15) is 0 Å². The molecule has 3 heterocycles. The lowest BCUT2D eigenvalue weighted by Crippen LogP contribution is -2.44. The summed E-state index contributed by atoms with van der Waals surface area (Å²) < 4.78 is 5.46. The van der Waals surface area contributed by atoms with Crippen LogP contribution in [0.25, 0.3) is 0 Å². The molecular weight excluding hydrogens is 260 g/mol. The number of H-pyrrole nitrogens is 1. The van der Waals surface area contributed by atoms with Gasteiger partial charge in [0, 0.05) is 18.8 Å². The molecule has 7 heteroatoms. The Morgan fingerprint density at radius 3 is 2.85 bits per heavy atom. The number of aryl methyl sites for hydroxylation is 2. The molecule has 108 valence electrons. The monoisotopic (exact) mass is 278 g/mol. The first-order valence-electron chi connectivity index (χ1n) is 6.75. The van der Waals surface area contributed by atoms with Crippen LogP contribution in [0.3, 0.4) is 0 Å². The van der Waals surface area contributed by atoms with E-state index in [0.29, 0.717) is 37.6 Å². The summed E-state index contributed by atoms with van der Waals surface area (Å²) in [5, 5.41) is 9.81. The van der Waals surface area contributed by atoms with Gasteiger partial charge in [0.25, 0.3) is 5.91 Å². The number of hydrogen-bond acceptors (Lipinski definition) is 4. The Bertz CT molecular complexity index is 534. The van der Waals surface area contributed by atoms with Crippen LogP contribution in [0.15, 0.2) is 0 Å². The van der Waals surface area contributed by atoms with Crippen LogP contribution in [0.1, 0.15) is 21.7 Å². The summed E-state index contributed by atoms with van der Waals surface area (Å²) in [7, 11) is 0. The molecule has 7 nitrogen and oxygen atoms in total. The number of aromatic nitrogens is 2. The van der Waals surface area contributed by atoms with Gasteiger partial charge in [0.2, 0.25) is 5.91 Å². The second-order valence-corrected chi connectivity index (χ2v) is 5.46. The van der Waals surface area contributed by atoms with Crippen LogP contribution >= 0.6 is 0 Å². The van der Waals surface area contributed by atoms with Gasteiger partial charge < -0.3 is 15.0 Å². The van der Waals surface area contributed by atoms with Crippen molar-refractivity contribution < 1.29 is 14.3 Å². The molecule has 2 N–H and O–H groups in total. The minimum Gasteiger partial charge on any atom is -0.378 e. The summed E-state index contributed by atoms with van der Waals surface area (Å²) >= 11 is 0. The molecule has 2 saturated heterocycles. The van der Waals surface area contributed by atoms with Crippen molar-refractivity contribution in [2.24, 2.45) is 5.92 Å². The van der Waals surface area contributed by atoms with Crippen molar-refractivity contribution in [3.63, 3.8) is 0 Å². The van der Waals surface area contributed by atoms with Crippen LogP contribution in [0, 0.1) is 19.8 Å². The number of rotatable bonds is 1. The molecule has 2 fully saturated rings. The molecule has 0 radical (unpaired) electrons. The zero-order valence-corrected chi connectivity index (χ0v) is 11.6. The van der Waals surface area contributed by atoms with Gasteiger partial charge >= 0.3 is 0 Å². The van der Waals surface area contributed by atoms with E-state index in [2.05, 4.69) is 15.5 Å². The number of carbonyl (C=O) groups is 2. The molecule has 2 bridgehead atoms. The topological polar surface area (TPSA) is 87.3 Å². The highest BCUT2D eigenvalue weighted by molar-refractivity contribution is 5.97. The highest BCUT2D eigenvalue weighted by Crippen LogP contribution is 2.18. The van der Waals surface area contributed by atoms with E-state index >= 15 is 0 Å². The van der Waals surface area contributed by atoms with Gasteiger partial charge in [-0.15, -0.1) is 0 Å². The van der Waals surface area contributed by atoms with E-state index in [4.69, 9.17) is 4.74 Å². The molecule has 2 aliphatic rings. The Morgan fingerprint density at radius 2 is 2.15 bits per heavy atom. The highest BCUT2D eigenvalue weighted by atomic mass is 16.5. The predicted molar refractivity (Wildman–Crippen MR) is 70.2 cm³/mol. The van der Waals surface area contributed by atoms with E-state index in [1.807, 2.05) is 13.8 Å². The Morgan fingerprint density at radius 1 is 1.35 bits per heavy atom. The van der Waals surface area contributed by atoms with Gasteiger partial charge in [-0.2, -0.15) is 5.10 Å².